The molecule has 0 saturated heterocycles. The van der Waals surface area contributed by atoms with Crippen LogP contribution in [0.1, 0.15) is 52.6 Å². The first kappa shape index (κ1) is 18.9. The van der Waals surface area contributed by atoms with E-state index in [0.717, 1.165) is 0 Å². The van der Waals surface area contributed by atoms with Crippen LogP contribution in [0, 0.1) is 11.8 Å². The molecular formula is C28H16N2O4+2. The minimum Gasteiger partial charge on any atom is -0.293 e. The molecule has 0 radical (unpaired) electrons. The van der Waals surface area contributed by atoms with Gasteiger partial charge in [-0.3, -0.25) is 19.2 Å². The van der Waals surface area contributed by atoms with E-state index in [1.54, 1.807) is 72.8 Å². The maximum atomic E-state index is 13.4. The van der Waals surface area contributed by atoms with Crippen molar-refractivity contribution in [3.8, 4) is 0 Å². The summed E-state index contributed by atoms with van der Waals surface area (Å²) in [4.78, 5) is 59.6. The van der Waals surface area contributed by atoms with Crippen LogP contribution in [-0.4, -0.2) is 23.1 Å². The summed E-state index contributed by atoms with van der Waals surface area (Å²) < 4.78 is 0. The largest absolute Gasteiger partial charge is 0.293 e. The third kappa shape index (κ3) is 2.29. The summed E-state index contributed by atoms with van der Waals surface area (Å²) in [5.74, 6) is -1.64. The van der Waals surface area contributed by atoms with E-state index in [-0.39, 0.29) is 23.1 Å². The van der Waals surface area contributed by atoms with E-state index in [1.807, 2.05) is 0 Å². The van der Waals surface area contributed by atoms with Gasteiger partial charge < -0.3 is 0 Å². The molecule has 1 aromatic heterocycles. The Hall–Kier alpha value is -4.58. The number of carbonyl (C=O) groups is 4. The second kappa shape index (κ2) is 6.48. The molecule has 34 heavy (non-hydrogen) atoms. The van der Waals surface area contributed by atoms with Crippen molar-refractivity contribution in [1.29, 1.82) is 0 Å². The van der Waals surface area contributed by atoms with Crippen molar-refractivity contribution in [2.75, 3.05) is 0 Å². The van der Waals surface area contributed by atoms with E-state index < -0.39 is 11.8 Å². The van der Waals surface area contributed by atoms with Crippen LogP contribution < -0.4 is 9.97 Å². The predicted molar refractivity (Wildman–Crippen MR) is 122 cm³/mol. The molecular weight excluding hydrogens is 428 g/mol. The Labute approximate surface area is 192 Å². The van der Waals surface area contributed by atoms with E-state index in [2.05, 4.69) is 9.97 Å². The molecule has 160 valence electrons. The molecule has 7 rings (SSSR count). The topological polar surface area (TPSA) is 96.6 Å². The number of aromatic amines is 2. The zero-order valence-electron chi connectivity index (χ0n) is 17.7. The minimum absolute atomic E-state index is 0.0848. The van der Waals surface area contributed by atoms with Gasteiger partial charge in [0.25, 0.3) is 22.1 Å². The molecule has 2 N–H and O–H groups in total. The lowest BCUT2D eigenvalue weighted by atomic mass is 9.72. The number of ketones is 4. The van der Waals surface area contributed by atoms with Gasteiger partial charge in [-0.15, -0.1) is 0 Å². The summed E-state index contributed by atoms with van der Waals surface area (Å²) in [6.07, 6.45) is 7.14. The highest BCUT2D eigenvalue weighted by Gasteiger charge is 2.43. The summed E-state index contributed by atoms with van der Waals surface area (Å²) in [6, 6.07) is 13.6. The number of H-pyrrole nitrogens is 2. The van der Waals surface area contributed by atoms with Gasteiger partial charge >= 0.3 is 0 Å². The molecule has 0 aliphatic heterocycles. The van der Waals surface area contributed by atoms with Gasteiger partial charge in [0.2, 0.25) is 5.78 Å². The molecule has 4 aromatic rings. The standard InChI is InChI=1S/C28H14N2O4/c31-25-13-5-1-3-7-15(13)27(33)21-17(25)9-11-19-23(21)29-20-12-10-18-22(24(20)30-19)28(34)16-8-4-2-6-14(16)26(18)32/h1-13,15H/p+2. The van der Waals surface area contributed by atoms with Crippen LogP contribution in [0.15, 0.2) is 72.8 Å². The SMILES string of the molecule is O=C1c2ccccc2C(=O)c2c1ccc1[nH+]c3c4c(ccc3[nH+]c21)C(=O)C1C=CC=CC1C4=O. The van der Waals surface area contributed by atoms with Crippen molar-refractivity contribution in [2.24, 2.45) is 11.8 Å². The maximum Gasteiger partial charge on any atom is 0.288 e. The van der Waals surface area contributed by atoms with Gasteiger partial charge in [-0.25, -0.2) is 0 Å². The van der Waals surface area contributed by atoms with Crippen LogP contribution in [0.3, 0.4) is 0 Å². The van der Waals surface area contributed by atoms with Crippen molar-refractivity contribution in [2.45, 2.75) is 0 Å². The van der Waals surface area contributed by atoms with E-state index >= 15 is 0 Å². The van der Waals surface area contributed by atoms with E-state index in [4.69, 9.17) is 0 Å². The number of nitrogens with one attached hydrogen (secondary N) is 2. The van der Waals surface area contributed by atoms with Crippen LogP contribution >= 0.6 is 0 Å². The van der Waals surface area contributed by atoms with Gasteiger partial charge in [0, 0.05) is 34.4 Å². The number of fused-ring (bicyclic) bond motifs is 8. The van der Waals surface area contributed by atoms with Crippen LogP contribution in [-0.2, 0) is 0 Å². The fourth-order valence-corrected chi connectivity index (χ4v) is 5.44. The highest BCUT2D eigenvalue weighted by atomic mass is 16.1. The molecule has 1 heterocycles. The van der Waals surface area contributed by atoms with Gasteiger partial charge in [0.1, 0.15) is 11.1 Å². The molecule has 3 aliphatic carbocycles. The van der Waals surface area contributed by atoms with Gasteiger partial charge in [-0.1, -0.05) is 48.6 Å². The van der Waals surface area contributed by atoms with Crippen molar-refractivity contribution in [3.63, 3.8) is 0 Å². The lowest BCUT2D eigenvalue weighted by Crippen LogP contribution is -2.37. The van der Waals surface area contributed by atoms with Crippen molar-refractivity contribution >= 4 is 45.2 Å². The molecule has 6 nitrogen and oxygen atoms in total. The zero-order valence-corrected chi connectivity index (χ0v) is 17.7. The molecule has 2 unspecified atom stereocenters. The Morgan fingerprint density at radius 3 is 1.76 bits per heavy atom. The predicted octanol–water partition coefficient (Wildman–Crippen LogP) is 3.13. The molecule has 0 amide bonds. The molecule has 6 heteroatoms. The first-order chi connectivity index (χ1) is 16.5. The monoisotopic (exact) mass is 444 g/mol. The number of aromatic nitrogens is 2. The van der Waals surface area contributed by atoms with E-state index in [0.29, 0.717) is 55.4 Å². The lowest BCUT2D eigenvalue weighted by Gasteiger charge is -2.27. The number of hydrogen-bond donors (Lipinski definition) is 0. The molecule has 3 aromatic carbocycles. The van der Waals surface area contributed by atoms with Crippen molar-refractivity contribution < 1.29 is 29.1 Å². The third-order valence-corrected chi connectivity index (χ3v) is 7.07. The summed E-state index contributed by atoms with van der Waals surface area (Å²) in [6.45, 7) is 0. The molecule has 3 aliphatic rings. The quantitative estimate of drug-likeness (QED) is 0.343. The summed E-state index contributed by atoms with van der Waals surface area (Å²) in [7, 11) is 0. The number of benzene rings is 3. The normalized spacial score (nSPS) is 20.4. The van der Waals surface area contributed by atoms with E-state index in [9.17, 15) is 19.2 Å². The van der Waals surface area contributed by atoms with Gasteiger partial charge in [-0.05, 0) is 12.1 Å². The highest BCUT2D eigenvalue weighted by Crippen LogP contribution is 2.36. The second-order valence-electron chi connectivity index (χ2n) is 8.83. The molecule has 0 saturated carbocycles. The third-order valence-electron chi connectivity index (χ3n) is 7.07. The van der Waals surface area contributed by atoms with E-state index in [1.165, 1.54) is 0 Å². The number of allylic oxidation sites excluding steroid dienone is 4. The van der Waals surface area contributed by atoms with Gasteiger partial charge in [0.05, 0.1) is 11.8 Å². The Kier molecular flexibility index (Phi) is 3.61. The second-order valence-corrected chi connectivity index (χ2v) is 8.83. The molecule has 2 atom stereocenters. The summed E-state index contributed by atoms with van der Waals surface area (Å²) in [5.41, 5.74) is 4.31. The van der Waals surface area contributed by atoms with Crippen LogP contribution in [0.4, 0.5) is 0 Å². The van der Waals surface area contributed by atoms with Crippen molar-refractivity contribution in [3.05, 3.63) is 106 Å². The summed E-state index contributed by atoms with van der Waals surface area (Å²) in [5, 5.41) is 0. The molecule has 0 fully saturated rings. The van der Waals surface area contributed by atoms with Crippen molar-refractivity contribution in [1.82, 2.24) is 0 Å². The van der Waals surface area contributed by atoms with Crippen LogP contribution in [0.2, 0.25) is 0 Å². The smallest absolute Gasteiger partial charge is 0.288 e. The lowest BCUT2D eigenvalue weighted by molar-refractivity contribution is -0.361. The Morgan fingerprint density at radius 1 is 0.529 bits per heavy atom. The zero-order chi connectivity index (χ0) is 23.1. The average Bonchev–Trinajstić information content (AvgIpc) is 2.88. The molecule has 0 spiro atoms. The molecule has 0 bridgehead atoms. The fraction of sp³-hybridized carbons (Fsp3) is 0.0714. The highest BCUT2D eigenvalue weighted by molar-refractivity contribution is 6.31. The Balaban J connectivity index is 1.51. The fourth-order valence-electron chi connectivity index (χ4n) is 5.44. The number of hydrogen-bond acceptors (Lipinski definition) is 4. The number of rotatable bonds is 0. The Bertz CT molecular complexity index is 1740. The minimum atomic E-state index is -0.529. The maximum absolute atomic E-state index is 13.4. The average molecular weight is 444 g/mol. The Morgan fingerprint density at radius 2 is 1.09 bits per heavy atom. The first-order valence-electron chi connectivity index (χ1n) is 11.0. The van der Waals surface area contributed by atoms with Gasteiger partial charge in [-0.2, -0.15) is 9.97 Å². The summed E-state index contributed by atoms with van der Waals surface area (Å²) >= 11 is 0. The van der Waals surface area contributed by atoms with Crippen LogP contribution in [0.5, 0.6) is 0 Å². The van der Waals surface area contributed by atoms with Crippen LogP contribution in [0.25, 0.3) is 22.1 Å². The number of Topliss-reactive ketones (excluding diaryl/α,β-unsaturated/α-hetero) is 2. The number of carbonyl (C=O) groups excluding carboxylic acids is 4. The first-order valence-corrected chi connectivity index (χ1v) is 11.0. The van der Waals surface area contributed by atoms with Gasteiger partial charge in [0.15, 0.2) is 17.3 Å².